The highest BCUT2D eigenvalue weighted by Gasteiger charge is 2.53. The standard InChI is InChI=1S/C33H34N2O5/c1-21-28(34-31(37)38-22(2)23-9-7-6-8-10-23)29(40-35-21)26-13-11-24(12-14-26)25-15-17-27(18-16-25)33(19-20-33)30(36)39-32(3,4)5/h6-18,22H,19-20H2,1-5H3,(H,34,37). The minimum absolute atomic E-state index is 0.151. The zero-order chi connectivity index (χ0) is 28.5. The van der Waals surface area contributed by atoms with E-state index >= 15 is 0 Å². The van der Waals surface area contributed by atoms with E-state index in [1.165, 1.54) is 0 Å². The molecule has 1 aliphatic carbocycles. The molecule has 3 aromatic carbocycles. The lowest BCUT2D eigenvalue weighted by Crippen LogP contribution is -2.31. The van der Waals surface area contributed by atoms with Gasteiger partial charge in [-0.05, 0) is 69.7 Å². The molecule has 1 N–H and O–H groups in total. The highest BCUT2D eigenvalue weighted by molar-refractivity contribution is 5.91. The van der Waals surface area contributed by atoms with Gasteiger partial charge in [0.05, 0.1) is 5.41 Å². The molecule has 7 nitrogen and oxygen atoms in total. The van der Waals surface area contributed by atoms with Crippen LogP contribution in [0.3, 0.4) is 0 Å². The van der Waals surface area contributed by atoms with Crippen LogP contribution in [0, 0.1) is 6.92 Å². The van der Waals surface area contributed by atoms with Gasteiger partial charge in [0.1, 0.15) is 23.1 Å². The van der Waals surface area contributed by atoms with Gasteiger partial charge in [0.2, 0.25) is 0 Å². The summed E-state index contributed by atoms with van der Waals surface area (Å²) in [4.78, 5) is 25.5. The zero-order valence-corrected chi connectivity index (χ0v) is 23.5. The van der Waals surface area contributed by atoms with E-state index in [1.54, 1.807) is 6.92 Å². The number of anilines is 1. The Labute approximate surface area is 234 Å². The number of ether oxygens (including phenoxy) is 2. The third kappa shape index (κ3) is 5.78. The van der Waals surface area contributed by atoms with Crippen molar-refractivity contribution in [1.29, 1.82) is 0 Å². The van der Waals surface area contributed by atoms with Gasteiger partial charge in [-0.3, -0.25) is 10.1 Å². The smallest absolute Gasteiger partial charge is 0.412 e. The summed E-state index contributed by atoms with van der Waals surface area (Å²) >= 11 is 0. The lowest BCUT2D eigenvalue weighted by molar-refractivity contribution is -0.158. The normalized spacial score (nSPS) is 14.7. The zero-order valence-electron chi connectivity index (χ0n) is 23.5. The summed E-state index contributed by atoms with van der Waals surface area (Å²) in [7, 11) is 0. The molecule has 5 rings (SSSR count). The molecular formula is C33H34N2O5. The van der Waals surface area contributed by atoms with Gasteiger partial charge in [-0.1, -0.05) is 84.0 Å². The number of aryl methyl sites for hydroxylation is 1. The molecule has 40 heavy (non-hydrogen) atoms. The van der Waals surface area contributed by atoms with Crippen LogP contribution in [0.15, 0.2) is 83.4 Å². The maximum absolute atomic E-state index is 12.8. The monoisotopic (exact) mass is 538 g/mol. The van der Waals surface area contributed by atoms with Crippen LogP contribution in [0.5, 0.6) is 0 Å². The van der Waals surface area contributed by atoms with Crippen LogP contribution in [0.2, 0.25) is 0 Å². The third-order valence-electron chi connectivity index (χ3n) is 7.10. The Morgan fingerprint density at radius 3 is 2.05 bits per heavy atom. The van der Waals surface area contributed by atoms with Crippen LogP contribution >= 0.6 is 0 Å². The number of carbonyl (C=O) groups is 2. The van der Waals surface area contributed by atoms with Gasteiger partial charge in [-0.25, -0.2) is 4.79 Å². The van der Waals surface area contributed by atoms with Crippen LogP contribution in [-0.2, 0) is 19.7 Å². The van der Waals surface area contributed by atoms with Gasteiger partial charge in [-0.2, -0.15) is 0 Å². The summed E-state index contributed by atoms with van der Waals surface area (Å²) in [5.74, 6) is 0.305. The van der Waals surface area contributed by atoms with Gasteiger partial charge in [0.15, 0.2) is 5.76 Å². The van der Waals surface area contributed by atoms with Crippen LogP contribution in [-0.4, -0.2) is 22.8 Å². The molecule has 0 bridgehead atoms. The number of esters is 1. The number of carbonyl (C=O) groups excluding carboxylic acids is 2. The second-order valence-corrected chi connectivity index (χ2v) is 11.3. The van der Waals surface area contributed by atoms with E-state index in [2.05, 4.69) is 10.5 Å². The van der Waals surface area contributed by atoms with Crippen molar-refractivity contribution in [2.45, 2.75) is 64.6 Å². The molecular weight excluding hydrogens is 504 g/mol. The molecule has 1 saturated carbocycles. The van der Waals surface area contributed by atoms with E-state index in [0.29, 0.717) is 17.1 Å². The van der Waals surface area contributed by atoms with Crippen molar-refractivity contribution in [1.82, 2.24) is 5.16 Å². The molecule has 0 aliphatic heterocycles. The minimum Gasteiger partial charge on any atom is -0.459 e. The predicted molar refractivity (Wildman–Crippen MR) is 154 cm³/mol. The molecule has 1 aromatic heterocycles. The molecule has 7 heteroatoms. The Morgan fingerprint density at radius 2 is 1.48 bits per heavy atom. The predicted octanol–water partition coefficient (Wildman–Crippen LogP) is 8.00. The van der Waals surface area contributed by atoms with Crippen molar-refractivity contribution >= 4 is 17.7 Å². The fourth-order valence-electron chi connectivity index (χ4n) is 4.71. The van der Waals surface area contributed by atoms with Crippen molar-refractivity contribution in [2.75, 3.05) is 5.32 Å². The molecule has 0 radical (unpaired) electrons. The van der Waals surface area contributed by atoms with Crippen molar-refractivity contribution in [3.63, 3.8) is 0 Å². The summed E-state index contributed by atoms with van der Waals surface area (Å²) in [6, 6.07) is 25.5. The number of nitrogens with one attached hydrogen (secondary N) is 1. The van der Waals surface area contributed by atoms with Gasteiger partial charge < -0.3 is 14.0 Å². The Morgan fingerprint density at radius 1 is 0.900 bits per heavy atom. The molecule has 1 atom stereocenters. The maximum atomic E-state index is 12.8. The Balaban J connectivity index is 1.28. The lowest BCUT2D eigenvalue weighted by Gasteiger charge is -2.24. The lowest BCUT2D eigenvalue weighted by atomic mass is 9.93. The van der Waals surface area contributed by atoms with E-state index < -0.39 is 23.2 Å². The molecule has 1 unspecified atom stereocenters. The summed E-state index contributed by atoms with van der Waals surface area (Å²) < 4.78 is 16.8. The number of amides is 1. The van der Waals surface area contributed by atoms with Crippen LogP contribution in [0.25, 0.3) is 22.5 Å². The molecule has 206 valence electrons. The number of hydrogen-bond donors (Lipinski definition) is 1. The first-order chi connectivity index (χ1) is 19.1. The van der Waals surface area contributed by atoms with E-state index in [4.69, 9.17) is 14.0 Å². The molecule has 1 aliphatic rings. The van der Waals surface area contributed by atoms with Crippen LogP contribution in [0.4, 0.5) is 10.5 Å². The van der Waals surface area contributed by atoms with Gasteiger partial charge >= 0.3 is 12.1 Å². The van der Waals surface area contributed by atoms with Gasteiger partial charge in [0, 0.05) is 5.56 Å². The van der Waals surface area contributed by atoms with Crippen LogP contribution < -0.4 is 5.32 Å². The first-order valence-corrected chi connectivity index (χ1v) is 13.5. The molecule has 1 amide bonds. The topological polar surface area (TPSA) is 90.7 Å². The summed E-state index contributed by atoms with van der Waals surface area (Å²) in [5, 5.41) is 6.85. The quantitative estimate of drug-likeness (QED) is 0.240. The van der Waals surface area contributed by atoms with E-state index in [9.17, 15) is 9.59 Å². The van der Waals surface area contributed by atoms with Crippen molar-refractivity contribution in [2.24, 2.45) is 0 Å². The van der Waals surface area contributed by atoms with E-state index in [1.807, 2.05) is 107 Å². The summed E-state index contributed by atoms with van der Waals surface area (Å²) in [5.41, 5.74) is 4.70. The van der Waals surface area contributed by atoms with Crippen LogP contribution in [0.1, 0.15) is 63.5 Å². The maximum Gasteiger partial charge on any atom is 0.412 e. The van der Waals surface area contributed by atoms with Crippen molar-refractivity contribution in [3.05, 3.63) is 95.7 Å². The summed E-state index contributed by atoms with van der Waals surface area (Å²) in [6.07, 6.45) is 0.623. The Hall–Kier alpha value is -4.39. The molecule has 1 heterocycles. The first-order valence-electron chi connectivity index (χ1n) is 13.5. The molecule has 4 aromatic rings. The van der Waals surface area contributed by atoms with Gasteiger partial charge in [0.25, 0.3) is 0 Å². The number of hydrogen-bond acceptors (Lipinski definition) is 6. The highest BCUT2D eigenvalue weighted by Crippen LogP contribution is 2.50. The number of rotatable bonds is 7. The second-order valence-electron chi connectivity index (χ2n) is 11.3. The average Bonchev–Trinajstić information content (AvgIpc) is 3.67. The molecule has 0 saturated heterocycles. The second kappa shape index (κ2) is 10.6. The van der Waals surface area contributed by atoms with Crippen molar-refractivity contribution in [3.8, 4) is 22.5 Å². The average molecular weight is 539 g/mol. The van der Waals surface area contributed by atoms with Crippen molar-refractivity contribution < 1.29 is 23.6 Å². The van der Waals surface area contributed by atoms with Gasteiger partial charge in [-0.15, -0.1) is 0 Å². The number of aromatic nitrogens is 1. The summed E-state index contributed by atoms with van der Waals surface area (Å²) in [6.45, 7) is 9.27. The largest absolute Gasteiger partial charge is 0.459 e. The highest BCUT2D eigenvalue weighted by atomic mass is 16.6. The number of nitrogens with zero attached hydrogens (tertiary/aromatic N) is 1. The Kier molecular flexibility index (Phi) is 7.23. The third-order valence-corrected chi connectivity index (χ3v) is 7.10. The SMILES string of the molecule is Cc1noc(-c2ccc(-c3ccc(C4(C(=O)OC(C)(C)C)CC4)cc3)cc2)c1NC(=O)OC(C)c1ccccc1. The fraction of sp³-hybridized carbons (Fsp3) is 0.303. The van der Waals surface area contributed by atoms with E-state index in [0.717, 1.165) is 40.7 Å². The number of benzene rings is 3. The first kappa shape index (κ1) is 27.2. The molecule has 0 spiro atoms. The molecule has 1 fully saturated rings. The fourth-order valence-corrected chi connectivity index (χ4v) is 4.71. The Bertz CT molecular complexity index is 1500. The minimum atomic E-state index is -0.583. The van der Waals surface area contributed by atoms with E-state index in [-0.39, 0.29) is 5.97 Å².